The summed E-state index contributed by atoms with van der Waals surface area (Å²) in [4.78, 5) is 26.9. The molecule has 0 saturated carbocycles. The van der Waals surface area contributed by atoms with E-state index in [1.807, 2.05) is 27.7 Å². The maximum Gasteiger partial charge on any atom is 0.315 e. The second-order valence-electron chi connectivity index (χ2n) is 4.45. The molecule has 1 rings (SSSR count). The van der Waals surface area contributed by atoms with Crippen molar-refractivity contribution in [2.45, 2.75) is 33.2 Å². The number of aromatic nitrogens is 1. The lowest BCUT2D eigenvalue weighted by atomic mass is 10.1. The topological polar surface area (TPSA) is 71.1 Å². The smallest absolute Gasteiger partial charge is 0.315 e. The first kappa shape index (κ1) is 12.6. The summed E-state index contributed by atoms with van der Waals surface area (Å²) in [6.07, 6.45) is 0. The Bertz CT molecular complexity index is 406. The zero-order valence-corrected chi connectivity index (χ0v) is 10.6. The largest absolute Gasteiger partial charge is 0.343 e. The van der Waals surface area contributed by atoms with Crippen molar-refractivity contribution < 1.29 is 9.59 Å². The molecule has 0 saturated heterocycles. The summed E-state index contributed by atoms with van der Waals surface area (Å²) in [5.74, 6) is -1.34. The van der Waals surface area contributed by atoms with Gasteiger partial charge in [-0.25, -0.2) is 4.98 Å². The van der Waals surface area contributed by atoms with Crippen molar-refractivity contribution in [3.63, 3.8) is 0 Å². The fraction of sp³-hybridized carbons (Fsp3) is 0.500. The number of anilines is 1. The minimum absolute atomic E-state index is 0.423. The van der Waals surface area contributed by atoms with Crippen LogP contribution in [-0.2, 0) is 9.59 Å². The Labute approximate surface area is 98.3 Å². The summed E-state index contributed by atoms with van der Waals surface area (Å²) in [5, 5.41) is 7.25. The molecule has 5 nitrogen and oxygen atoms in total. The van der Waals surface area contributed by atoms with Crippen molar-refractivity contribution in [2.75, 3.05) is 5.32 Å². The quantitative estimate of drug-likeness (QED) is 0.728. The minimum atomic E-state index is -0.690. The van der Waals surface area contributed by atoms with Crippen molar-refractivity contribution in [2.24, 2.45) is 0 Å². The van der Waals surface area contributed by atoms with Crippen molar-refractivity contribution in [1.82, 2.24) is 10.3 Å². The molecule has 0 unspecified atom stereocenters. The molecule has 2 N–H and O–H groups in total. The molecule has 1 aromatic rings. The number of nitrogens with zero attached hydrogens (tertiary/aromatic N) is 1. The maximum absolute atomic E-state index is 11.4. The highest BCUT2D eigenvalue weighted by Gasteiger charge is 2.20. The van der Waals surface area contributed by atoms with Gasteiger partial charge >= 0.3 is 11.8 Å². The van der Waals surface area contributed by atoms with Crippen LogP contribution >= 0.6 is 11.3 Å². The minimum Gasteiger partial charge on any atom is -0.343 e. The first-order valence-corrected chi connectivity index (χ1v) is 5.71. The van der Waals surface area contributed by atoms with Crippen LogP contribution in [0.3, 0.4) is 0 Å². The van der Waals surface area contributed by atoms with Gasteiger partial charge in [0.2, 0.25) is 0 Å². The van der Waals surface area contributed by atoms with E-state index < -0.39 is 17.4 Å². The second kappa shape index (κ2) is 4.61. The van der Waals surface area contributed by atoms with Crippen LogP contribution in [0.2, 0.25) is 0 Å². The van der Waals surface area contributed by atoms with Crippen molar-refractivity contribution in [3.8, 4) is 0 Å². The third kappa shape index (κ3) is 3.98. The maximum atomic E-state index is 11.4. The fourth-order valence-electron chi connectivity index (χ4n) is 0.963. The van der Waals surface area contributed by atoms with E-state index in [-0.39, 0.29) is 0 Å². The Morgan fingerprint density at radius 2 is 1.94 bits per heavy atom. The summed E-state index contributed by atoms with van der Waals surface area (Å²) >= 11 is 1.29. The van der Waals surface area contributed by atoms with Gasteiger partial charge in [0.05, 0.1) is 5.69 Å². The molecule has 0 spiro atoms. The lowest BCUT2D eigenvalue weighted by Gasteiger charge is -2.19. The summed E-state index contributed by atoms with van der Waals surface area (Å²) in [6.45, 7) is 7.25. The monoisotopic (exact) mass is 241 g/mol. The normalized spacial score (nSPS) is 11.0. The van der Waals surface area contributed by atoms with Crippen LogP contribution in [0.25, 0.3) is 0 Å². The zero-order chi connectivity index (χ0) is 12.3. The second-order valence-corrected chi connectivity index (χ2v) is 5.31. The van der Waals surface area contributed by atoms with Crippen LogP contribution in [0.15, 0.2) is 5.38 Å². The van der Waals surface area contributed by atoms with Gasteiger partial charge in [-0.15, -0.1) is 11.3 Å². The predicted molar refractivity (Wildman–Crippen MR) is 63.4 cm³/mol. The van der Waals surface area contributed by atoms with Gasteiger partial charge in [-0.1, -0.05) is 0 Å². The van der Waals surface area contributed by atoms with Gasteiger partial charge in [-0.2, -0.15) is 0 Å². The third-order valence-corrected chi connectivity index (χ3v) is 2.41. The van der Waals surface area contributed by atoms with E-state index in [9.17, 15) is 9.59 Å². The standard InChI is InChI=1S/C10H15N3O2S/c1-6-5-16-9(11-6)12-7(14)8(15)13-10(2,3)4/h5H,1-4H3,(H,13,15)(H,11,12,14). The van der Waals surface area contributed by atoms with E-state index in [4.69, 9.17) is 0 Å². The van der Waals surface area contributed by atoms with Crippen LogP contribution in [-0.4, -0.2) is 22.3 Å². The molecule has 0 aromatic carbocycles. The highest BCUT2D eigenvalue weighted by molar-refractivity contribution is 7.14. The molecule has 2 amide bonds. The molecule has 0 fully saturated rings. The van der Waals surface area contributed by atoms with Crippen LogP contribution in [0, 0.1) is 6.92 Å². The Kier molecular flexibility index (Phi) is 3.64. The molecular weight excluding hydrogens is 226 g/mol. The summed E-state index contributed by atoms with van der Waals surface area (Å²) in [5.41, 5.74) is 0.393. The van der Waals surface area contributed by atoms with Gasteiger partial charge in [0.1, 0.15) is 0 Å². The van der Waals surface area contributed by atoms with Gasteiger partial charge < -0.3 is 5.32 Å². The van der Waals surface area contributed by atoms with Crippen molar-refractivity contribution in [1.29, 1.82) is 0 Å². The first-order valence-electron chi connectivity index (χ1n) is 4.83. The number of aryl methyl sites for hydroxylation is 1. The Morgan fingerprint density at radius 3 is 2.38 bits per heavy atom. The molecular formula is C10H15N3O2S. The first-order chi connectivity index (χ1) is 7.28. The van der Waals surface area contributed by atoms with Gasteiger partial charge in [0.25, 0.3) is 0 Å². The molecule has 0 radical (unpaired) electrons. The highest BCUT2D eigenvalue weighted by Crippen LogP contribution is 2.14. The number of carbonyl (C=O) groups is 2. The molecule has 6 heteroatoms. The molecule has 0 aliphatic carbocycles. The van der Waals surface area contributed by atoms with Crippen molar-refractivity contribution in [3.05, 3.63) is 11.1 Å². The van der Waals surface area contributed by atoms with Crippen LogP contribution < -0.4 is 10.6 Å². The molecule has 16 heavy (non-hydrogen) atoms. The predicted octanol–water partition coefficient (Wildman–Crippen LogP) is 1.30. The highest BCUT2D eigenvalue weighted by atomic mass is 32.1. The molecule has 88 valence electrons. The third-order valence-electron chi connectivity index (χ3n) is 1.53. The number of nitrogens with one attached hydrogen (secondary N) is 2. The van der Waals surface area contributed by atoms with Gasteiger partial charge in [0, 0.05) is 10.9 Å². The van der Waals surface area contributed by atoms with E-state index >= 15 is 0 Å². The van der Waals surface area contributed by atoms with E-state index in [2.05, 4.69) is 15.6 Å². The Hall–Kier alpha value is -1.43. The number of amides is 2. The number of rotatable bonds is 1. The number of carbonyl (C=O) groups excluding carboxylic acids is 2. The fourth-order valence-corrected chi connectivity index (χ4v) is 1.65. The average molecular weight is 241 g/mol. The lowest BCUT2D eigenvalue weighted by molar-refractivity contribution is -0.137. The Balaban J connectivity index is 2.56. The molecule has 0 atom stereocenters. The number of hydrogen-bond donors (Lipinski definition) is 2. The van der Waals surface area contributed by atoms with Gasteiger partial charge in [-0.05, 0) is 27.7 Å². The SMILES string of the molecule is Cc1csc(NC(=O)C(=O)NC(C)(C)C)n1. The van der Waals surface area contributed by atoms with E-state index in [0.717, 1.165) is 5.69 Å². The van der Waals surface area contributed by atoms with E-state index in [1.165, 1.54) is 11.3 Å². The van der Waals surface area contributed by atoms with Gasteiger partial charge in [-0.3, -0.25) is 14.9 Å². The van der Waals surface area contributed by atoms with Crippen LogP contribution in [0.5, 0.6) is 0 Å². The number of thiazole rings is 1. The molecule has 0 aliphatic heterocycles. The molecule has 1 heterocycles. The number of hydrogen-bond acceptors (Lipinski definition) is 4. The lowest BCUT2D eigenvalue weighted by Crippen LogP contribution is -2.46. The molecule has 1 aromatic heterocycles. The molecule has 0 aliphatic rings. The van der Waals surface area contributed by atoms with Gasteiger partial charge in [0.15, 0.2) is 5.13 Å². The summed E-state index contributed by atoms with van der Waals surface area (Å²) in [7, 11) is 0. The molecule has 0 bridgehead atoms. The zero-order valence-electron chi connectivity index (χ0n) is 9.75. The van der Waals surface area contributed by atoms with E-state index in [0.29, 0.717) is 5.13 Å². The van der Waals surface area contributed by atoms with Crippen molar-refractivity contribution >= 4 is 28.3 Å². The Morgan fingerprint density at radius 1 is 1.31 bits per heavy atom. The van der Waals surface area contributed by atoms with E-state index in [1.54, 1.807) is 5.38 Å². The summed E-state index contributed by atoms with van der Waals surface area (Å²) < 4.78 is 0. The average Bonchev–Trinajstić information content (AvgIpc) is 2.48. The van der Waals surface area contributed by atoms with Crippen LogP contribution in [0.1, 0.15) is 26.5 Å². The summed E-state index contributed by atoms with van der Waals surface area (Å²) in [6, 6.07) is 0. The van der Waals surface area contributed by atoms with Crippen LogP contribution in [0.4, 0.5) is 5.13 Å².